The summed E-state index contributed by atoms with van der Waals surface area (Å²) in [6, 6.07) is 5.86. The first-order chi connectivity index (χ1) is 7.36. The molecule has 2 N–H and O–H groups in total. The maximum absolute atomic E-state index is 8.33. The van der Waals surface area contributed by atoms with Gasteiger partial charge in [0.2, 0.25) is 0 Å². The standard InChI is InChI=1S/C11H15N3O/c12-6-1-2-8-15-11-4-3-10(5-7-13)14-9-11/h3-4,9H,1-2,5,7-8,13H2. The van der Waals surface area contributed by atoms with E-state index in [2.05, 4.69) is 11.1 Å². The zero-order valence-corrected chi connectivity index (χ0v) is 8.65. The van der Waals surface area contributed by atoms with E-state index in [1.165, 1.54) is 0 Å². The van der Waals surface area contributed by atoms with E-state index in [1.807, 2.05) is 12.1 Å². The maximum atomic E-state index is 8.33. The van der Waals surface area contributed by atoms with Crippen molar-refractivity contribution in [2.45, 2.75) is 19.3 Å². The average Bonchev–Trinajstić information content (AvgIpc) is 2.27. The van der Waals surface area contributed by atoms with Crippen LogP contribution in [0.4, 0.5) is 0 Å². The summed E-state index contributed by atoms with van der Waals surface area (Å²) in [5.41, 5.74) is 6.38. The minimum absolute atomic E-state index is 0.526. The Labute approximate surface area is 89.7 Å². The minimum atomic E-state index is 0.526. The molecule has 0 aliphatic rings. The topological polar surface area (TPSA) is 71.9 Å². The first-order valence-corrected chi connectivity index (χ1v) is 5.01. The molecule has 0 radical (unpaired) electrons. The summed E-state index contributed by atoms with van der Waals surface area (Å²) in [5, 5.41) is 8.33. The van der Waals surface area contributed by atoms with Crippen molar-refractivity contribution in [3.63, 3.8) is 0 Å². The van der Waals surface area contributed by atoms with Gasteiger partial charge in [0.25, 0.3) is 0 Å². The summed E-state index contributed by atoms with van der Waals surface area (Å²) in [4.78, 5) is 4.20. The molecule has 0 saturated heterocycles. The lowest BCUT2D eigenvalue weighted by atomic mass is 10.3. The second-order valence-corrected chi connectivity index (χ2v) is 3.13. The van der Waals surface area contributed by atoms with E-state index >= 15 is 0 Å². The van der Waals surface area contributed by atoms with Crippen LogP contribution in [0.15, 0.2) is 18.3 Å². The highest BCUT2D eigenvalue weighted by Crippen LogP contribution is 2.09. The Kier molecular flexibility index (Phi) is 5.20. The molecule has 80 valence electrons. The van der Waals surface area contributed by atoms with Gasteiger partial charge in [0.1, 0.15) is 5.75 Å². The number of nitriles is 1. The van der Waals surface area contributed by atoms with Gasteiger partial charge in [-0.25, -0.2) is 0 Å². The summed E-state index contributed by atoms with van der Waals surface area (Å²) in [5.74, 6) is 0.744. The quantitative estimate of drug-likeness (QED) is 0.710. The molecule has 0 spiro atoms. The molecule has 0 amide bonds. The average molecular weight is 205 g/mol. The summed E-state index contributed by atoms with van der Waals surface area (Å²) >= 11 is 0. The van der Waals surface area contributed by atoms with Crippen LogP contribution < -0.4 is 10.5 Å². The molecule has 4 heteroatoms. The predicted molar refractivity (Wildman–Crippen MR) is 57.3 cm³/mol. The maximum Gasteiger partial charge on any atom is 0.137 e. The van der Waals surface area contributed by atoms with Gasteiger partial charge >= 0.3 is 0 Å². The largest absolute Gasteiger partial charge is 0.492 e. The summed E-state index contributed by atoms with van der Waals surface area (Å²) in [6.45, 7) is 1.17. The van der Waals surface area contributed by atoms with Crippen molar-refractivity contribution in [1.29, 1.82) is 5.26 Å². The van der Waals surface area contributed by atoms with Crippen LogP contribution in [0.1, 0.15) is 18.5 Å². The third-order valence-electron chi connectivity index (χ3n) is 1.90. The van der Waals surface area contributed by atoms with E-state index < -0.39 is 0 Å². The van der Waals surface area contributed by atoms with Gasteiger partial charge in [0.15, 0.2) is 0 Å². The lowest BCUT2D eigenvalue weighted by Crippen LogP contribution is -2.04. The number of ether oxygens (including phenoxy) is 1. The minimum Gasteiger partial charge on any atom is -0.492 e. The Morgan fingerprint density at radius 1 is 1.47 bits per heavy atom. The predicted octanol–water partition coefficient (Wildman–Crippen LogP) is 1.27. The molecule has 0 saturated carbocycles. The van der Waals surface area contributed by atoms with Crippen molar-refractivity contribution >= 4 is 0 Å². The third kappa shape index (κ3) is 4.43. The lowest BCUT2D eigenvalue weighted by molar-refractivity contribution is 0.311. The molecule has 0 atom stereocenters. The van der Waals surface area contributed by atoms with E-state index in [0.29, 0.717) is 19.6 Å². The lowest BCUT2D eigenvalue weighted by Gasteiger charge is -2.04. The monoisotopic (exact) mass is 205 g/mol. The summed E-state index contributed by atoms with van der Waals surface area (Å²) < 4.78 is 5.40. The first kappa shape index (κ1) is 11.5. The highest BCUT2D eigenvalue weighted by Gasteiger charge is 1.96. The van der Waals surface area contributed by atoms with Crippen LogP contribution in [-0.4, -0.2) is 18.1 Å². The number of hydrogen-bond acceptors (Lipinski definition) is 4. The molecule has 15 heavy (non-hydrogen) atoms. The molecule has 1 rings (SSSR count). The van der Waals surface area contributed by atoms with E-state index in [-0.39, 0.29) is 0 Å². The number of aromatic nitrogens is 1. The Morgan fingerprint density at radius 2 is 2.33 bits per heavy atom. The molecule has 0 unspecified atom stereocenters. The molecule has 0 bridgehead atoms. The van der Waals surface area contributed by atoms with Crippen LogP contribution >= 0.6 is 0 Å². The Hall–Kier alpha value is -1.60. The van der Waals surface area contributed by atoms with Gasteiger partial charge in [0, 0.05) is 18.5 Å². The fourth-order valence-electron chi connectivity index (χ4n) is 1.13. The second kappa shape index (κ2) is 6.80. The molecule has 1 heterocycles. The van der Waals surface area contributed by atoms with Crippen molar-refractivity contribution in [1.82, 2.24) is 4.98 Å². The SMILES string of the molecule is N#CCCCOc1ccc(CCN)nc1. The number of pyridine rings is 1. The van der Waals surface area contributed by atoms with Crippen LogP contribution in [0.25, 0.3) is 0 Å². The normalized spacial score (nSPS) is 9.60. The van der Waals surface area contributed by atoms with Crippen molar-refractivity contribution in [3.05, 3.63) is 24.0 Å². The molecule has 0 aliphatic heterocycles. The summed E-state index contributed by atoms with van der Waals surface area (Å²) in [7, 11) is 0. The molecule has 0 aromatic carbocycles. The van der Waals surface area contributed by atoms with Crippen LogP contribution in [0, 0.1) is 11.3 Å². The molecule has 1 aromatic heterocycles. The van der Waals surface area contributed by atoms with Crippen molar-refractivity contribution in [3.8, 4) is 11.8 Å². The number of unbranched alkanes of at least 4 members (excludes halogenated alkanes) is 1. The first-order valence-electron chi connectivity index (χ1n) is 5.01. The summed E-state index contributed by atoms with van der Waals surface area (Å²) in [6.07, 6.45) is 3.76. The number of nitrogens with two attached hydrogens (primary N) is 1. The highest BCUT2D eigenvalue weighted by atomic mass is 16.5. The van der Waals surface area contributed by atoms with Crippen molar-refractivity contribution < 1.29 is 4.74 Å². The van der Waals surface area contributed by atoms with Gasteiger partial charge in [0.05, 0.1) is 18.9 Å². The molecular weight excluding hydrogens is 190 g/mol. The number of nitrogens with zero attached hydrogens (tertiary/aromatic N) is 2. The Morgan fingerprint density at radius 3 is 2.93 bits per heavy atom. The van der Waals surface area contributed by atoms with Crippen LogP contribution in [0.2, 0.25) is 0 Å². The zero-order valence-electron chi connectivity index (χ0n) is 8.65. The van der Waals surface area contributed by atoms with Crippen molar-refractivity contribution in [2.75, 3.05) is 13.2 Å². The smallest absolute Gasteiger partial charge is 0.137 e. The van der Waals surface area contributed by atoms with E-state index in [9.17, 15) is 0 Å². The fourth-order valence-corrected chi connectivity index (χ4v) is 1.13. The molecule has 0 aliphatic carbocycles. The molecular formula is C11H15N3O. The molecule has 1 aromatic rings. The van der Waals surface area contributed by atoms with E-state index in [0.717, 1.165) is 24.3 Å². The van der Waals surface area contributed by atoms with Crippen molar-refractivity contribution in [2.24, 2.45) is 5.73 Å². The number of rotatable bonds is 6. The Balaban J connectivity index is 2.33. The van der Waals surface area contributed by atoms with Gasteiger partial charge in [-0.1, -0.05) is 0 Å². The molecule has 4 nitrogen and oxygen atoms in total. The van der Waals surface area contributed by atoms with Crippen LogP contribution in [0.3, 0.4) is 0 Å². The highest BCUT2D eigenvalue weighted by molar-refractivity contribution is 5.19. The van der Waals surface area contributed by atoms with Gasteiger partial charge in [-0.2, -0.15) is 5.26 Å². The van der Waals surface area contributed by atoms with Gasteiger partial charge < -0.3 is 10.5 Å². The van der Waals surface area contributed by atoms with Gasteiger partial charge in [-0.05, 0) is 25.1 Å². The van der Waals surface area contributed by atoms with Crippen LogP contribution in [-0.2, 0) is 6.42 Å². The Bertz CT molecular complexity index is 316. The van der Waals surface area contributed by atoms with Gasteiger partial charge in [-0.15, -0.1) is 0 Å². The van der Waals surface area contributed by atoms with E-state index in [1.54, 1.807) is 6.20 Å². The van der Waals surface area contributed by atoms with E-state index in [4.69, 9.17) is 15.7 Å². The second-order valence-electron chi connectivity index (χ2n) is 3.13. The van der Waals surface area contributed by atoms with Crippen LogP contribution in [0.5, 0.6) is 5.75 Å². The fraction of sp³-hybridized carbons (Fsp3) is 0.455. The third-order valence-corrected chi connectivity index (χ3v) is 1.90. The zero-order chi connectivity index (χ0) is 10.9. The van der Waals surface area contributed by atoms with Gasteiger partial charge in [-0.3, -0.25) is 4.98 Å². The molecule has 0 fully saturated rings. The number of hydrogen-bond donors (Lipinski definition) is 1.